The van der Waals surface area contributed by atoms with E-state index in [2.05, 4.69) is 9.97 Å². The van der Waals surface area contributed by atoms with Crippen LogP contribution in [0.25, 0.3) is 0 Å². The molecule has 0 N–H and O–H groups in total. The zero-order chi connectivity index (χ0) is 16.3. The van der Waals surface area contributed by atoms with Crippen molar-refractivity contribution in [3.63, 3.8) is 0 Å². The topological polar surface area (TPSA) is 72.4 Å². The van der Waals surface area contributed by atoms with E-state index in [1.807, 2.05) is 20.8 Å². The first-order valence-electron chi connectivity index (χ1n) is 7.12. The van der Waals surface area contributed by atoms with E-state index in [0.717, 1.165) is 12.8 Å². The van der Waals surface area contributed by atoms with Gasteiger partial charge in [0, 0.05) is 18.7 Å². The fourth-order valence-electron chi connectivity index (χ4n) is 2.27. The summed E-state index contributed by atoms with van der Waals surface area (Å²) in [5, 5.41) is 0.643. The Kier molecular flexibility index (Phi) is 5.39. The number of likely N-dealkylation sites (tertiary alicyclic amines) is 1. The molecule has 2 heterocycles. The molecule has 1 amide bonds. The number of carbonyl (C=O) groups is 1. The van der Waals surface area contributed by atoms with Gasteiger partial charge in [0.25, 0.3) is 0 Å². The lowest BCUT2D eigenvalue weighted by Crippen LogP contribution is -2.42. The standard InChI is InChI=1S/C14H20ClN3O3S/c1-14(2,3)21-13(19)18-6-4-5-10(18)8-22(20)12-7-11(15)16-9-17-12/h7,9-10H,4-6,8H2,1-3H3. The van der Waals surface area contributed by atoms with E-state index in [1.165, 1.54) is 12.4 Å². The van der Waals surface area contributed by atoms with Crippen LogP contribution < -0.4 is 0 Å². The molecule has 2 unspecified atom stereocenters. The number of halogens is 1. The van der Waals surface area contributed by atoms with Gasteiger partial charge in [0.15, 0.2) is 0 Å². The molecule has 2 atom stereocenters. The second kappa shape index (κ2) is 6.91. The summed E-state index contributed by atoms with van der Waals surface area (Å²) in [6, 6.07) is 1.38. The zero-order valence-corrected chi connectivity index (χ0v) is 14.5. The van der Waals surface area contributed by atoms with E-state index < -0.39 is 16.4 Å². The summed E-state index contributed by atoms with van der Waals surface area (Å²) in [7, 11) is -1.33. The number of aromatic nitrogens is 2. The smallest absolute Gasteiger partial charge is 0.410 e. The monoisotopic (exact) mass is 345 g/mol. The maximum atomic E-state index is 12.4. The fraction of sp³-hybridized carbons (Fsp3) is 0.643. The van der Waals surface area contributed by atoms with Gasteiger partial charge in [0.2, 0.25) is 0 Å². The highest BCUT2D eigenvalue weighted by Crippen LogP contribution is 2.22. The Morgan fingerprint density at radius 1 is 1.50 bits per heavy atom. The third kappa shape index (κ3) is 4.64. The van der Waals surface area contributed by atoms with Crippen molar-refractivity contribution < 1.29 is 13.7 Å². The highest BCUT2D eigenvalue weighted by atomic mass is 35.5. The van der Waals surface area contributed by atoms with Gasteiger partial charge in [-0.25, -0.2) is 14.8 Å². The van der Waals surface area contributed by atoms with E-state index in [4.69, 9.17) is 16.3 Å². The Bertz CT molecular complexity index is 577. The molecule has 1 aliphatic rings. The van der Waals surface area contributed by atoms with E-state index in [1.54, 1.807) is 4.90 Å². The lowest BCUT2D eigenvalue weighted by molar-refractivity contribution is 0.0241. The summed E-state index contributed by atoms with van der Waals surface area (Å²) in [5.41, 5.74) is -0.538. The average Bonchev–Trinajstić information content (AvgIpc) is 2.85. The molecule has 122 valence electrons. The average molecular weight is 346 g/mol. The number of rotatable bonds is 3. The molecule has 1 aromatic rings. The molecule has 2 rings (SSSR count). The molecule has 22 heavy (non-hydrogen) atoms. The lowest BCUT2D eigenvalue weighted by Gasteiger charge is -2.28. The van der Waals surface area contributed by atoms with Crippen LogP contribution in [0.2, 0.25) is 5.15 Å². The van der Waals surface area contributed by atoms with Crippen LogP contribution in [0.4, 0.5) is 4.79 Å². The fourth-order valence-corrected chi connectivity index (χ4v) is 3.76. The molecule has 0 aliphatic carbocycles. The third-order valence-electron chi connectivity index (χ3n) is 3.19. The number of ether oxygens (including phenoxy) is 1. The molecule has 6 nitrogen and oxygen atoms in total. The van der Waals surface area contributed by atoms with E-state index in [-0.39, 0.29) is 17.3 Å². The highest BCUT2D eigenvalue weighted by molar-refractivity contribution is 7.85. The molecular formula is C14H20ClN3O3S. The van der Waals surface area contributed by atoms with Crippen LogP contribution in [0, 0.1) is 0 Å². The predicted molar refractivity (Wildman–Crippen MR) is 84.3 cm³/mol. The molecule has 1 fully saturated rings. The normalized spacial score (nSPS) is 20.0. The van der Waals surface area contributed by atoms with Gasteiger partial charge < -0.3 is 9.64 Å². The van der Waals surface area contributed by atoms with Crippen molar-refractivity contribution in [1.82, 2.24) is 14.9 Å². The van der Waals surface area contributed by atoms with Gasteiger partial charge in [-0.15, -0.1) is 0 Å². The minimum atomic E-state index is -1.33. The summed E-state index contributed by atoms with van der Waals surface area (Å²) in [6.45, 7) is 6.12. The first-order chi connectivity index (χ1) is 10.3. The molecule has 8 heteroatoms. The van der Waals surface area contributed by atoms with Gasteiger partial charge in [0.1, 0.15) is 22.1 Å². The molecule has 1 aliphatic heterocycles. The summed E-state index contributed by atoms with van der Waals surface area (Å²) >= 11 is 5.79. The molecule has 0 radical (unpaired) electrons. The van der Waals surface area contributed by atoms with Crippen LogP contribution in [0.3, 0.4) is 0 Å². The molecule has 0 spiro atoms. The van der Waals surface area contributed by atoms with Crippen LogP contribution in [-0.4, -0.2) is 49.1 Å². The molecule has 0 aromatic carbocycles. The Morgan fingerprint density at radius 2 is 2.23 bits per heavy atom. The van der Waals surface area contributed by atoms with Crippen molar-refractivity contribution >= 4 is 28.5 Å². The number of nitrogens with zero attached hydrogens (tertiary/aromatic N) is 3. The Hall–Kier alpha value is -1.21. The van der Waals surface area contributed by atoms with Crippen LogP contribution >= 0.6 is 11.6 Å². The predicted octanol–water partition coefficient (Wildman–Crippen LogP) is 2.64. The lowest BCUT2D eigenvalue weighted by atomic mass is 10.2. The molecule has 0 saturated carbocycles. The minimum absolute atomic E-state index is 0.107. The van der Waals surface area contributed by atoms with Gasteiger partial charge in [-0.3, -0.25) is 4.21 Å². The van der Waals surface area contributed by atoms with E-state index in [9.17, 15) is 9.00 Å². The van der Waals surface area contributed by atoms with Crippen LogP contribution in [-0.2, 0) is 15.5 Å². The summed E-state index contributed by atoms with van der Waals surface area (Å²) in [6.07, 6.45) is 2.62. The van der Waals surface area contributed by atoms with Gasteiger partial charge in [0.05, 0.1) is 16.6 Å². The van der Waals surface area contributed by atoms with Crippen molar-refractivity contribution in [3.8, 4) is 0 Å². The number of amides is 1. The van der Waals surface area contributed by atoms with E-state index >= 15 is 0 Å². The van der Waals surface area contributed by atoms with Crippen molar-refractivity contribution in [2.45, 2.75) is 50.3 Å². The van der Waals surface area contributed by atoms with Crippen molar-refractivity contribution in [3.05, 3.63) is 17.5 Å². The third-order valence-corrected chi connectivity index (χ3v) is 4.77. The van der Waals surface area contributed by atoms with Crippen molar-refractivity contribution in [2.24, 2.45) is 0 Å². The largest absolute Gasteiger partial charge is 0.444 e. The summed E-state index contributed by atoms with van der Waals surface area (Å²) < 4.78 is 17.8. The quantitative estimate of drug-likeness (QED) is 0.787. The zero-order valence-electron chi connectivity index (χ0n) is 12.9. The Balaban J connectivity index is 2.02. The van der Waals surface area contributed by atoms with Crippen LogP contribution in [0.5, 0.6) is 0 Å². The summed E-state index contributed by atoms with van der Waals surface area (Å²) in [5.74, 6) is 0.326. The van der Waals surface area contributed by atoms with E-state index in [0.29, 0.717) is 17.3 Å². The highest BCUT2D eigenvalue weighted by Gasteiger charge is 2.33. The SMILES string of the molecule is CC(C)(C)OC(=O)N1CCCC1CS(=O)c1cc(Cl)ncn1. The van der Waals surface area contributed by atoms with Gasteiger partial charge in [-0.05, 0) is 33.6 Å². The van der Waals surface area contributed by atoms with Gasteiger partial charge in [-0.2, -0.15) is 0 Å². The number of hydrogen-bond acceptors (Lipinski definition) is 5. The first kappa shape index (κ1) is 17.1. The Morgan fingerprint density at radius 3 is 2.86 bits per heavy atom. The van der Waals surface area contributed by atoms with Gasteiger partial charge >= 0.3 is 6.09 Å². The Labute approximate surface area is 137 Å². The van der Waals surface area contributed by atoms with Crippen LogP contribution in [0.15, 0.2) is 17.4 Å². The van der Waals surface area contributed by atoms with Crippen molar-refractivity contribution in [1.29, 1.82) is 0 Å². The number of carbonyl (C=O) groups excluding carboxylic acids is 1. The van der Waals surface area contributed by atoms with Gasteiger partial charge in [-0.1, -0.05) is 11.6 Å². The van der Waals surface area contributed by atoms with Crippen molar-refractivity contribution in [2.75, 3.05) is 12.3 Å². The maximum Gasteiger partial charge on any atom is 0.410 e. The van der Waals surface area contributed by atoms with Crippen LogP contribution in [0.1, 0.15) is 33.6 Å². The first-order valence-corrected chi connectivity index (χ1v) is 8.81. The molecule has 1 saturated heterocycles. The molecule has 0 bridgehead atoms. The molecule has 1 aromatic heterocycles. The second-order valence-corrected chi connectivity index (χ2v) is 7.99. The second-order valence-electron chi connectivity index (χ2n) is 6.16. The minimum Gasteiger partial charge on any atom is -0.444 e. The molecular weight excluding hydrogens is 326 g/mol. The summed E-state index contributed by atoms with van der Waals surface area (Å²) in [4.78, 5) is 21.6. The maximum absolute atomic E-state index is 12.4. The number of hydrogen-bond donors (Lipinski definition) is 0.